The summed E-state index contributed by atoms with van der Waals surface area (Å²) in [6.07, 6.45) is 4.31. The maximum absolute atomic E-state index is 12.1. The van der Waals surface area contributed by atoms with Crippen LogP contribution in [0.3, 0.4) is 0 Å². The van der Waals surface area contributed by atoms with Gasteiger partial charge >= 0.3 is 0 Å². The second-order valence-corrected chi connectivity index (χ2v) is 5.27. The van der Waals surface area contributed by atoms with Crippen molar-refractivity contribution in [3.63, 3.8) is 0 Å². The van der Waals surface area contributed by atoms with Gasteiger partial charge in [-0.05, 0) is 18.6 Å². The first-order valence-corrected chi connectivity index (χ1v) is 7.28. The van der Waals surface area contributed by atoms with Crippen molar-refractivity contribution < 1.29 is 14.7 Å². The fourth-order valence-electron chi connectivity index (χ4n) is 2.51. The van der Waals surface area contributed by atoms with Gasteiger partial charge in [0.1, 0.15) is 0 Å². The van der Waals surface area contributed by atoms with Gasteiger partial charge in [0.05, 0.1) is 23.8 Å². The minimum absolute atomic E-state index is 0.0957. The largest absolute Gasteiger partial charge is 0.391 e. The SMILES string of the molecule is CCCCCC[C@H](O)CN1C(=O)c2ccccc2C1=O. The summed E-state index contributed by atoms with van der Waals surface area (Å²) in [6.45, 7) is 2.23. The van der Waals surface area contributed by atoms with Crippen LogP contribution in [-0.2, 0) is 0 Å². The van der Waals surface area contributed by atoms with Crippen LogP contribution in [0, 0.1) is 0 Å². The average molecular weight is 275 g/mol. The summed E-state index contributed by atoms with van der Waals surface area (Å²) < 4.78 is 0. The van der Waals surface area contributed by atoms with Gasteiger partial charge in [0, 0.05) is 0 Å². The molecule has 1 heterocycles. The average Bonchev–Trinajstić information content (AvgIpc) is 2.69. The van der Waals surface area contributed by atoms with E-state index >= 15 is 0 Å². The van der Waals surface area contributed by atoms with Gasteiger partial charge in [-0.3, -0.25) is 14.5 Å². The molecule has 2 rings (SSSR count). The summed E-state index contributed by atoms with van der Waals surface area (Å²) >= 11 is 0. The van der Waals surface area contributed by atoms with Gasteiger partial charge in [-0.1, -0.05) is 44.7 Å². The number of benzene rings is 1. The number of aliphatic hydroxyl groups is 1. The molecule has 1 N–H and O–H groups in total. The molecule has 0 saturated carbocycles. The lowest BCUT2D eigenvalue weighted by molar-refractivity contribution is 0.0530. The Morgan fingerprint density at radius 3 is 2.20 bits per heavy atom. The van der Waals surface area contributed by atoms with Crippen molar-refractivity contribution >= 4 is 11.8 Å². The molecule has 0 spiro atoms. The van der Waals surface area contributed by atoms with E-state index < -0.39 is 6.10 Å². The van der Waals surface area contributed by atoms with Crippen LogP contribution < -0.4 is 0 Å². The molecule has 0 unspecified atom stereocenters. The zero-order chi connectivity index (χ0) is 14.5. The van der Waals surface area contributed by atoms with E-state index in [0.717, 1.165) is 30.6 Å². The van der Waals surface area contributed by atoms with Crippen LogP contribution in [0.1, 0.15) is 59.7 Å². The summed E-state index contributed by atoms with van der Waals surface area (Å²) in [7, 11) is 0. The molecule has 20 heavy (non-hydrogen) atoms. The summed E-state index contributed by atoms with van der Waals surface area (Å²) in [5, 5.41) is 9.98. The van der Waals surface area contributed by atoms with E-state index in [2.05, 4.69) is 6.92 Å². The number of carbonyl (C=O) groups excluding carboxylic acids is 2. The molecular formula is C16H21NO3. The van der Waals surface area contributed by atoms with Crippen molar-refractivity contribution in [3.05, 3.63) is 35.4 Å². The Kier molecular flexibility index (Phi) is 4.90. The van der Waals surface area contributed by atoms with Crippen molar-refractivity contribution in [3.8, 4) is 0 Å². The minimum atomic E-state index is -0.630. The molecule has 1 aliphatic rings. The summed E-state index contributed by atoms with van der Waals surface area (Å²) in [5.74, 6) is -0.587. The van der Waals surface area contributed by atoms with Crippen molar-refractivity contribution in [2.24, 2.45) is 0 Å². The van der Waals surface area contributed by atoms with E-state index in [4.69, 9.17) is 0 Å². The highest BCUT2D eigenvalue weighted by molar-refractivity contribution is 6.21. The second kappa shape index (κ2) is 6.66. The smallest absolute Gasteiger partial charge is 0.261 e. The van der Waals surface area contributed by atoms with Crippen molar-refractivity contribution in [1.82, 2.24) is 4.90 Å². The number of carbonyl (C=O) groups is 2. The first-order valence-electron chi connectivity index (χ1n) is 7.28. The van der Waals surface area contributed by atoms with Gasteiger partial charge in [0.2, 0.25) is 0 Å². The van der Waals surface area contributed by atoms with Gasteiger partial charge in [-0.2, -0.15) is 0 Å². The number of hydrogen-bond acceptors (Lipinski definition) is 3. The third-order valence-corrected chi connectivity index (χ3v) is 3.66. The Hall–Kier alpha value is -1.68. The van der Waals surface area contributed by atoms with Crippen LogP contribution >= 0.6 is 0 Å². The van der Waals surface area contributed by atoms with E-state index in [1.54, 1.807) is 24.3 Å². The number of hydrogen-bond donors (Lipinski definition) is 1. The number of unbranched alkanes of at least 4 members (excludes halogenated alkanes) is 3. The highest BCUT2D eigenvalue weighted by Crippen LogP contribution is 2.23. The summed E-state index contributed by atoms with van der Waals surface area (Å²) in [6, 6.07) is 6.80. The second-order valence-electron chi connectivity index (χ2n) is 5.27. The third kappa shape index (κ3) is 3.07. The monoisotopic (exact) mass is 275 g/mol. The molecule has 4 heteroatoms. The molecule has 0 bridgehead atoms. The molecular weight excluding hydrogens is 254 g/mol. The number of rotatable bonds is 7. The van der Waals surface area contributed by atoms with Crippen molar-refractivity contribution in [2.45, 2.75) is 45.1 Å². The fraction of sp³-hybridized carbons (Fsp3) is 0.500. The number of imide groups is 1. The molecule has 0 fully saturated rings. The third-order valence-electron chi connectivity index (χ3n) is 3.66. The predicted molar refractivity (Wildman–Crippen MR) is 76.6 cm³/mol. The molecule has 1 aromatic carbocycles. The molecule has 1 aromatic rings. The Morgan fingerprint density at radius 1 is 1.05 bits per heavy atom. The van der Waals surface area contributed by atoms with Crippen LogP contribution in [-0.4, -0.2) is 34.5 Å². The lowest BCUT2D eigenvalue weighted by Gasteiger charge is -2.18. The molecule has 0 aliphatic carbocycles. The number of fused-ring (bicyclic) bond motifs is 1. The first kappa shape index (κ1) is 14.7. The van der Waals surface area contributed by atoms with E-state index in [0.29, 0.717) is 17.5 Å². The summed E-state index contributed by atoms with van der Waals surface area (Å²) in [5.41, 5.74) is 0.881. The Morgan fingerprint density at radius 2 is 1.65 bits per heavy atom. The topological polar surface area (TPSA) is 57.6 Å². The maximum atomic E-state index is 12.1. The van der Waals surface area contributed by atoms with Gasteiger partial charge in [0.25, 0.3) is 11.8 Å². The molecule has 0 radical (unpaired) electrons. The highest BCUT2D eigenvalue weighted by Gasteiger charge is 2.35. The molecule has 0 saturated heterocycles. The summed E-state index contributed by atoms with van der Waals surface area (Å²) in [4.78, 5) is 25.4. The minimum Gasteiger partial charge on any atom is -0.391 e. The lowest BCUT2D eigenvalue weighted by atomic mass is 10.1. The number of β-amino-alcohol motifs (C(OH)–C–C–N with tert-alkyl or cyclic N) is 1. The van der Waals surface area contributed by atoms with Gasteiger partial charge < -0.3 is 5.11 Å². The van der Waals surface area contributed by atoms with Crippen LogP contribution in [0.4, 0.5) is 0 Å². The zero-order valence-corrected chi connectivity index (χ0v) is 11.8. The first-order chi connectivity index (χ1) is 9.65. The maximum Gasteiger partial charge on any atom is 0.261 e. The van der Waals surface area contributed by atoms with Crippen molar-refractivity contribution in [1.29, 1.82) is 0 Å². The van der Waals surface area contributed by atoms with Gasteiger partial charge in [0.15, 0.2) is 0 Å². The standard InChI is InChI=1S/C16H21NO3/c1-2-3-4-5-8-12(18)11-17-15(19)13-9-6-7-10-14(13)16(17)20/h6-7,9-10,12,18H,2-5,8,11H2,1H3/t12-/m0/s1. The molecule has 0 aromatic heterocycles. The molecule has 1 atom stereocenters. The molecule has 2 amide bonds. The van der Waals surface area contributed by atoms with Crippen molar-refractivity contribution in [2.75, 3.05) is 6.54 Å². The molecule has 4 nitrogen and oxygen atoms in total. The van der Waals surface area contributed by atoms with Gasteiger partial charge in [-0.25, -0.2) is 0 Å². The van der Waals surface area contributed by atoms with Crippen LogP contribution in [0.25, 0.3) is 0 Å². The normalized spacial score (nSPS) is 15.6. The Labute approximate surface area is 119 Å². The number of amides is 2. The molecule has 1 aliphatic heterocycles. The van der Waals surface area contributed by atoms with E-state index in [1.165, 1.54) is 0 Å². The zero-order valence-electron chi connectivity index (χ0n) is 11.8. The lowest BCUT2D eigenvalue weighted by Crippen LogP contribution is -2.36. The Balaban J connectivity index is 1.91. The Bertz CT molecular complexity index is 463. The number of nitrogens with zero attached hydrogens (tertiary/aromatic N) is 1. The van der Waals surface area contributed by atoms with E-state index in [9.17, 15) is 14.7 Å². The van der Waals surface area contributed by atoms with Crippen LogP contribution in [0.15, 0.2) is 24.3 Å². The fourth-order valence-corrected chi connectivity index (χ4v) is 2.51. The van der Waals surface area contributed by atoms with Crippen LogP contribution in [0.2, 0.25) is 0 Å². The highest BCUT2D eigenvalue weighted by atomic mass is 16.3. The van der Waals surface area contributed by atoms with E-state index in [-0.39, 0.29) is 18.4 Å². The van der Waals surface area contributed by atoms with E-state index in [1.807, 2.05) is 0 Å². The van der Waals surface area contributed by atoms with Gasteiger partial charge in [-0.15, -0.1) is 0 Å². The van der Waals surface area contributed by atoms with Crippen LogP contribution in [0.5, 0.6) is 0 Å². The molecule has 108 valence electrons. The predicted octanol–water partition coefficient (Wildman–Crippen LogP) is 2.61. The quantitative estimate of drug-likeness (QED) is 0.614. The number of aliphatic hydroxyl groups excluding tert-OH is 1.